The number of amides is 1. The number of sulfonamides is 1. The van der Waals surface area contributed by atoms with Gasteiger partial charge in [-0.3, -0.25) is 9.10 Å². The number of carbonyl (C=O) groups excluding carboxylic acids is 1. The predicted octanol–water partition coefficient (Wildman–Crippen LogP) is 4.36. The summed E-state index contributed by atoms with van der Waals surface area (Å²) in [5.74, 6) is 2.02. The van der Waals surface area contributed by atoms with Crippen molar-refractivity contribution < 1.29 is 17.9 Å². The van der Waals surface area contributed by atoms with Crippen LogP contribution in [0, 0.1) is 0 Å². The number of anilines is 1. The third-order valence-corrected chi connectivity index (χ3v) is 8.13. The highest BCUT2D eigenvalue weighted by Gasteiger charge is 2.28. The van der Waals surface area contributed by atoms with Crippen molar-refractivity contribution in [3.05, 3.63) is 65.7 Å². The molecule has 1 N–H and O–H groups in total. The maximum absolute atomic E-state index is 13.5. The number of benzene rings is 2. The van der Waals surface area contributed by atoms with Crippen molar-refractivity contribution in [2.45, 2.75) is 23.8 Å². The lowest BCUT2D eigenvalue weighted by atomic mass is 10.1. The molecule has 1 amide bonds. The van der Waals surface area contributed by atoms with Gasteiger partial charge in [-0.15, -0.1) is 6.58 Å². The highest BCUT2D eigenvalue weighted by atomic mass is 35.5. The predicted molar refractivity (Wildman–Crippen MR) is 127 cm³/mol. The largest absolute Gasteiger partial charge is 0.495 e. The van der Waals surface area contributed by atoms with E-state index in [1.165, 1.54) is 35.7 Å². The van der Waals surface area contributed by atoms with Crippen LogP contribution in [-0.4, -0.2) is 45.5 Å². The fraction of sp³-hybridized carbons (Fsp3) is 0.318. The van der Waals surface area contributed by atoms with Gasteiger partial charge in [0.25, 0.3) is 15.9 Å². The van der Waals surface area contributed by atoms with E-state index in [0.29, 0.717) is 11.4 Å². The smallest absolute Gasteiger partial charge is 0.264 e. The van der Waals surface area contributed by atoms with Crippen molar-refractivity contribution in [1.82, 2.24) is 5.32 Å². The first-order valence-corrected chi connectivity index (χ1v) is 12.8. The van der Waals surface area contributed by atoms with Gasteiger partial charge in [-0.1, -0.05) is 29.8 Å². The molecule has 0 atom stereocenters. The average Bonchev–Trinajstić information content (AvgIpc) is 2.78. The number of methoxy groups -OCH3 is 1. The van der Waals surface area contributed by atoms with Crippen LogP contribution in [0.25, 0.3) is 0 Å². The molecule has 1 heterocycles. The number of nitrogens with zero attached hydrogens (tertiary/aromatic N) is 1. The summed E-state index contributed by atoms with van der Waals surface area (Å²) in [5.41, 5.74) is 0.519. The summed E-state index contributed by atoms with van der Waals surface area (Å²) in [6.07, 6.45) is 3.26. The van der Waals surface area contributed by atoms with E-state index in [2.05, 4.69) is 11.9 Å². The maximum Gasteiger partial charge on any atom is 0.264 e. The van der Waals surface area contributed by atoms with Crippen LogP contribution in [0.5, 0.6) is 5.75 Å². The molecule has 9 heteroatoms. The molecule has 0 unspecified atom stereocenters. The number of carbonyl (C=O) groups is 1. The normalized spacial score (nSPS) is 14.6. The standard InChI is InChI=1S/C22H25ClN2O4S2/c1-3-12-25(20-6-4-5-7-21(20)29-2)31(27,28)17-8-9-19(23)18(15-17)22(26)24-16-10-13-30-14-11-16/h3-9,15-16H,1,10-14H2,2H3,(H,24,26). The molecule has 0 bridgehead atoms. The van der Waals surface area contributed by atoms with Gasteiger partial charge >= 0.3 is 0 Å². The van der Waals surface area contributed by atoms with Crippen LogP contribution in [0.4, 0.5) is 5.69 Å². The summed E-state index contributed by atoms with van der Waals surface area (Å²) in [6.45, 7) is 3.71. The van der Waals surface area contributed by atoms with Crippen molar-refractivity contribution in [2.24, 2.45) is 0 Å². The van der Waals surface area contributed by atoms with Gasteiger partial charge in [0, 0.05) is 6.04 Å². The fourth-order valence-electron chi connectivity index (χ4n) is 3.35. The van der Waals surface area contributed by atoms with Crippen LogP contribution in [0.3, 0.4) is 0 Å². The third kappa shape index (κ3) is 5.37. The molecular formula is C22H25ClN2O4S2. The van der Waals surface area contributed by atoms with Crippen LogP contribution >= 0.6 is 23.4 Å². The lowest BCUT2D eigenvalue weighted by Crippen LogP contribution is -2.37. The number of halogens is 1. The number of rotatable bonds is 8. The zero-order valence-electron chi connectivity index (χ0n) is 17.2. The summed E-state index contributed by atoms with van der Waals surface area (Å²) in [6, 6.07) is 11.1. The molecule has 0 aromatic heterocycles. The van der Waals surface area contributed by atoms with Crippen LogP contribution < -0.4 is 14.4 Å². The van der Waals surface area contributed by atoms with Gasteiger partial charge in [0.1, 0.15) is 5.75 Å². The second kappa shape index (κ2) is 10.4. The maximum atomic E-state index is 13.5. The van der Waals surface area contributed by atoms with Crippen molar-refractivity contribution in [1.29, 1.82) is 0 Å². The SMILES string of the molecule is C=CCN(c1ccccc1OC)S(=O)(=O)c1ccc(Cl)c(C(=O)NC2CCSCC2)c1. The van der Waals surface area contributed by atoms with Gasteiger partial charge in [-0.2, -0.15) is 11.8 Å². The number of hydrogen-bond acceptors (Lipinski definition) is 5. The summed E-state index contributed by atoms with van der Waals surface area (Å²) in [7, 11) is -2.54. The first-order valence-electron chi connectivity index (χ1n) is 9.83. The van der Waals surface area contributed by atoms with Crippen molar-refractivity contribution in [2.75, 3.05) is 29.5 Å². The van der Waals surface area contributed by atoms with Gasteiger partial charge in [0.2, 0.25) is 0 Å². The second-order valence-corrected chi connectivity index (χ2v) is 10.5. The Bertz CT molecular complexity index is 1050. The Morgan fingerprint density at radius 1 is 1.29 bits per heavy atom. The fourth-order valence-corrected chi connectivity index (χ4v) is 6.13. The molecule has 0 saturated carbocycles. The van der Waals surface area contributed by atoms with Crippen LogP contribution in [0.15, 0.2) is 60.0 Å². The monoisotopic (exact) mass is 480 g/mol. The molecule has 1 saturated heterocycles. The highest BCUT2D eigenvalue weighted by molar-refractivity contribution is 7.99. The number of ether oxygens (including phenoxy) is 1. The Hall–Kier alpha value is -2.16. The highest BCUT2D eigenvalue weighted by Crippen LogP contribution is 2.33. The molecule has 1 fully saturated rings. The minimum absolute atomic E-state index is 0.0333. The van der Waals surface area contributed by atoms with Crippen LogP contribution in [0.1, 0.15) is 23.2 Å². The molecule has 31 heavy (non-hydrogen) atoms. The van der Waals surface area contributed by atoms with E-state index in [0.717, 1.165) is 24.3 Å². The van der Waals surface area contributed by atoms with Gasteiger partial charge in [-0.05, 0) is 54.7 Å². The Morgan fingerprint density at radius 2 is 2.00 bits per heavy atom. The first-order chi connectivity index (χ1) is 14.9. The summed E-state index contributed by atoms with van der Waals surface area (Å²) < 4.78 is 33.6. The molecule has 0 aliphatic carbocycles. The Morgan fingerprint density at radius 3 is 2.68 bits per heavy atom. The minimum atomic E-state index is -4.01. The number of nitrogens with one attached hydrogen (secondary N) is 1. The van der Waals surface area contributed by atoms with Crippen molar-refractivity contribution in [3.8, 4) is 5.75 Å². The van der Waals surface area contributed by atoms with Gasteiger partial charge in [0.05, 0.1) is 34.8 Å². The molecule has 3 rings (SSSR count). The lowest BCUT2D eigenvalue weighted by molar-refractivity contribution is 0.0935. The molecule has 0 spiro atoms. The van der Waals surface area contributed by atoms with Gasteiger partial charge in [0.15, 0.2) is 0 Å². The van der Waals surface area contributed by atoms with Gasteiger partial charge in [-0.25, -0.2) is 8.42 Å². The number of para-hydroxylation sites is 2. The molecule has 166 valence electrons. The lowest BCUT2D eigenvalue weighted by Gasteiger charge is -2.25. The molecule has 2 aromatic carbocycles. The molecule has 1 aliphatic heterocycles. The third-order valence-electron chi connectivity index (χ3n) is 4.98. The number of hydrogen-bond donors (Lipinski definition) is 1. The molecular weight excluding hydrogens is 456 g/mol. The Labute approximate surface area is 192 Å². The zero-order chi connectivity index (χ0) is 22.4. The van der Waals surface area contributed by atoms with Crippen molar-refractivity contribution >= 4 is 45.0 Å². The van der Waals surface area contributed by atoms with Crippen molar-refractivity contribution in [3.63, 3.8) is 0 Å². The van der Waals surface area contributed by atoms with E-state index in [9.17, 15) is 13.2 Å². The van der Waals surface area contributed by atoms with Crippen LogP contribution in [-0.2, 0) is 10.0 Å². The molecule has 0 radical (unpaired) electrons. The Balaban J connectivity index is 1.96. The van der Waals surface area contributed by atoms with E-state index in [1.807, 2.05) is 11.8 Å². The summed E-state index contributed by atoms with van der Waals surface area (Å²) in [4.78, 5) is 12.8. The van der Waals surface area contributed by atoms with E-state index in [4.69, 9.17) is 16.3 Å². The molecule has 2 aromatic rings. The number of thioether (sulfide) groups is 1. The molecule has 1 aliphatic rings. The van der Waals surface area contributed by atoms with E-state index < -0.39 is 10.0 Å². The first kappa shape index (κ1) is 23.5. The van der Waals surface area contributed by atoms with E-state index in [-0.39, 0.29) is 34.0 Å². The van der Waals surface area contributed by atoms with Gasteiger partial charge < -0.3 is 10.1 Å². The Kier molecular flexibility index (Phi) is 7.91. The minimum Gasteiger partial charge on any atom is -0.495 e. The quantitative estimate of drug-likeness (QED) is 0.568. The van der Waals surface area contributed by atoms with E-state index in [1.54, 1.807) is 24.3 Å². The molecule has 6 nitrogen and oxygen atoms in total. The zero-order valence-corrected chi connectivity index (χ0v) is 19.6. The average molecular weight is 481 g/mol. The second-order valence-electron chi connectivity index (χ2n) is 7.00. The summed E-state index contributed by atoms with van der Waals surface area (Å²) in [5, 5.41) is 3.18. The van der Waals surface area contributed by atoms with Crippen LogP contribution in [0.2, 0.25) is 5.02 Å². The van der Waals surface area contributed by atoms with E-state index >= 15 is 0 Å². The summed E-state index contributed by atoms with van der Waals surface area (Å²) >= 11 is 8.11. The topological polar surface area (TPSA) is 75.7 Å².